The summed E-state index contributed by atoms with van der Waals surface area (Å²) in [5, 5.41) is 8.93. The molecule has 0 fully saturated rings. The summed E-state index contributed by atoms with van der Waals surface area (Å²) in [6.07, 6.45) is 0.0466. The first kappa shape index (κ1) is 15.5. The summed E-state index contributed by atoms with van der Waals surface area (Å²) in [6, 6.07) is 6.03. The summed E-state index contributed by atoms with van der Waals surface area (Å²) in [6.45, 7) is -0.211. The Labute approximate surface area is 109 Å². The topological polar surface area (TPSA) is 74.7 Å². The zero-order valence-electron chi connectivity index (χ0n) is 10.1. The molecule has 0 bridgehead atoms. The van der Waals surface area contributed by atoms with E-state index in [-0.39, 0.29) is 18.5 Å². The molecule has 0 radical (unpaired) electrons. The predicted octanol–water partition coefficient (Wildman–Crippen LogP) is 1.41. The van der Waals surface area contributed by atoms with E-state index >= 15 is 0 Å². The van der Waals surface area contributed by atoms with Crippen LogP contribution in [-0.4, -0.2) is 43.1 Å². The fraction of sp³-hybridized carbons (Fsp3) is 0.364. The molecular weight excluding hydrogens is 280 g/mol. The smallest absolute Gasteiger partial charge is 0.350 e. The summed E-state index contributed by atoms with van der Waals surface area (Å²) in [7, 11) is -3.59. The molecule has 1 aromatic rings. The van der Waals surface area contributed by atoms with E-state index in [0.29, 0.717) is 9.87 Å². The Balaban J connectivity index is 2.81. The maximum Gasteiger partial charge on any atom is 0.350 e. The highest BCUT2D eigenvalue weighted by Crippen LogP contribution is 2.13. The van der Waals surface area contributed by atoms with E-state index in [4.69, 9.17) is 5.11 Å². The lowest BCUT2D eigenvalue weighted by Gasteiger charge is -2.16. The number of alkyl halides is 2. The number of carboxylic acids is 1. The molecule has 0 aliphatic rings. The molecule has 1 rings (SSSR count). The number of hydrogen-bond acceptors (Lipinski definition) is 3. The van der Waals surface area contributed by atoms with Gasteiger partial charge in [0.25, 0.3) is 10.0 Å². The van der Waals surface area contributed by atoms with E-state index in [0.717, 1.165) is 7.05 Å². The van der Waals surface area contributed by atoms with Crippen molar-refractivity contribution in [3.8, 4) is 0 Å². The van der Waals surface area contributed by atoms with E-state index in [1.54, 1.807) is 6.07 Å². The number of sulfonamides is 1. The lowest BCUT2D eigenvalue weighted by Crippen LogP contribution is -2.33. The fourth-order valence-corrected chi connectivity index (χ4v) is 2.11. The van der Waals surface area contributed by atoms with Gasteiger partial charge >= 0.3 is 11.7 Å². The first-order valence-electron chi connectivity index (χ1n) is 5.31. The van der Waals surface area contributed by atoms with Crippen LogP contribution in [0, 0.1) is 0 Å². The van der Waals surface area contributed by atoms with Crippen molar-refractivity contribution in [1.82, 2.24) is 4.31 Å². The van der Waals surface area contributed by atoms with Crippen LogP contribution in [0.3, 0.4) is 0 Å². The maximum absolute atomic E-state index is 12.3. The van der Waals surface area contributed by atoms with Gasteiger partial charge in [-0.1, -0.05) is 18.2 Å². The first-order valence-corrected chi connectivity index (χ1v) is 6.81. The van der Waals surface area contributed by atoms with Gasteiger partial charge in [0.05, 0.1) is 5.56 Å². The number of benzene rings is 1. The van der Waals surface area contributed by atoms with Crippen molar-refractivity contribution in [2.45, 2.75) is 12.2 Å². The van der Waals surface area contributed by atoms with Crippen molar-refractivity contribution in [3.05, 3.63) is 35.4 Å². The van der Waals surface area contributed by atoms with Crippen molar-refractivity contribution in [3.63, 3.8) is 0 Å². The van der Waals surface area contributed by atoms with Crippen LogP contribution in [0.25, 0.3) is 0 Å². The van der Waals surface area contributed by atoms with E-state index in [1.165, 1.54) is 18.2 Å². The molecule has 5 nitrogen and oxygen atoms in total. The van der Waals surface area contributed by atoms with Crippen LogP contribution < -0.4 is 0 Å². The second-order valence-corrected chi connectivity index (χ2v) is 5.85. The van der Waals surface area contributed by atoms with Crippen molar-refractivity contribution < 1.29 is 27.1 Å². The average Bonchev–Trinajstić information content (AvgIpc) is 2.35. The van der Waals surface area contributed by atoms with Crippen LogP contribution in [-0.2, 0) is 16.4 Å². The van der Waals surface area contributed by atoms with Crippen LogP contribution in [0.5, 0.6) is 0 Å². The third-order valence-corrected chi connectivity index (χ3v) is 4.11. The largest absolute Gasteiger partial charge is 0.478 e. The van der Waals surface area contributed by atoms with Crippen LogP contribution in [0.2, 0.25) is 0 Å². The van der Waals surface area contributed by atoms with Gasteiger partial charge in [-0.3, -0.25) is 0 Å². The van der Waals surface area contributed by atoms with Gasteiger partial charge in [-0.2, -0.15) is 13.1 Å². The first-order chi connectivity index (χ1) is 8.76. The molecule has 0 spiro atoms. The maximum atomic E-state index is 12.3. The van der Waals surface area contributed by atoms with Gasteiger partial charge in [-0.25, -0.2) is 13.2 Å². The molecule has 106 valence electrons. The summed E-state index contributed by atoms with van der Waals surface area (Å²) < 4.78 is 47.3. The molecule has 0 saturated carbocycles. The van der Waals surface area contributed by atoms with Gasteiger partial charge in [0.1, 0.15) is 0 Å². The Bertz CT molecular complexity index is 560. The van der Waals surface area contributed by atoms with Gasteiger partial charge in [-0.05, 0) is 18.1 Å². The zero-order chi connectivity index (χ0) is 14.6. The second-order valence-electron chi connectivity index (χ2n) is 3.84. The third-order valence-electron chi connectivity index (χ3n) is 2.60. The standard InChI is InChI=1S/C11H13F2NO4S/c1-14(19(17,18)11(12)13)7-6-8-4-2-3-5-9(8)10(15)16/h2-5,11H,6-7H2,1H3,(H,15,16). The molecule has 0 saturated heterocycles. The van der Waals surface area contributed by atoms with Crippen molar-refractivity contribution in [2.24, 2.45) is 0 Å². The van der Waals surface area contributed by atoms with E-state index < -0.39 is 21.8 Å². The molecule has 0 aromatic heterocycles. The number of carboxylic acid groups (broad SMARTS) is 1. The van der Waals surface area contributed by atoms with Gasteiger partial charge in [0.15, 0.2) is 0 Å². The predicted molar refractivity (Wildman–Crippen MR) is 64.7 cm³/mol. The lowest BCUT2D eigenvalue weighted by atomic mass is 10.1. The normalized spacial score (nSPS) is 12.1. The van der Waals surface area contributed by atoms with Crippen LogP contribution >= 0.6 is 0 Å². The molecule has 0 atom stereocenters. The number of likely N-dealkylation sites (N-methyl/N-ethyl adjacent to an activating group) is 1. The molecule has 0 amide bonds. The average molecular weight is 293 g/mol. The second kappa shape index (κ2) is 6.07. The van der Waals surface area contributed by atoms with Crippen molar-refractivity contribution in [1.29, 1.82) is 0 Å². The Morgan fingerprint density at radius 2 is 1.95 bits per heavy atom. The Hall–Kier alpha value is -1.54. The minimum atomic E-state index is -4.63. The summed E-state index contributed by atoms with van der Waals surface area (Å²) >= 11 is 0. The summed E-state index contributed by atoms with van der Waals surface area (Å²) in [4.78, 5) is 10.9. The fourth-order valence-electron chi connectivity index (χ4n) is 1.49. The monoisotopic (exact) mass is 293 g/mol. The molecule has 0 unspecified atom stereocenters. The molecule has 1 N–H and O–H groups in total. The highest BCUT2D eigenvalue weighted by atomic mass is 32.2. The number of nitrogens with zero attached hydrogens (tertiary/aromatic N) is 1. The van der Waals surface area contributed by atoms with E-state index in [1.807, 2.05) is 0 Å². The number of halogens is 2. The molecule has 0 aliphatic carbocycles. The number of rotatable bonds is 6. The van der Waals surface area contributed by atoms with Crippen LogP contribution in [0.4, 0.5) is 8.78 Å². The van der Waals surface area contributed by atoms with Crippen molar-refractivity contribution >= 4 is 16.0 Å². The van der Waals surface area contributed by atoms with Crippen LogP contribution in [0.1, 0.15) is 15.9 Å². The van der Waals surface area contributed by atoms with Crippen LogP contribution in [0.15, 0.2) is 24.3 Å². The number of hydrogen-bond donors (Lipinski definition) is 1. The van der Waals surface area contributed by atoms with E-state index in [2.05, 4.69) is 0 Å². The third kappa shape index (κ3) is 3.71. The zero-order valence-corrected chi connectivity index (χ0v) is 10.9. The SMILES string of the molecule is CN(CCc1ccccc1C(=O)O)S(=O)(=O)C(F)F. The highest BCUT2D eigenvalue weighted by molar-refractivity contribution is 7.89. The Morgan fingerprint density at radius 3 is 2.47 bits per heavy atom. The molecule has 0 heterocycles. The van der Waals surface area contributed by atoms with E-state index in [9.17, 15) is 22.0 Å². The quantitative estimate of drug-likeness (QED) is 0.860. The number of aromatic carboxylic acids is 1. The lowest BCUT2D eigenvalue weighted by molar-refractivity contribution is 0.0695. The van der Waals surface area contributed by atoms with Gasteiger partial charge in [-0.15, -0.1) is 0 Å². The molecule has 1 aromatic carbocycles. The minimum Gasteiger partial charge on any atom is -0.478 e. The Kier molecular flexibility index (Phi) is 4.96. The van der Waals surface area contributed by atoms with Gasteiger partial charge in [0, 0.05) is 13.6 Å². The highest BCUT2D eigenvalue weighted by Gasteiger charge is 2.28. The van der Waals surface area contributed by atoms with Gasteiger partial charge < -0.3 is 5.11 Å². The summed E-state index contributed by atoms with van der Waals surface area (Å²) in [5.41, 5.74) is 0.427. The minimum absolute atomic E-state index is 0.0327. The number of carbonyl (C=O) groups is 1. The molecular formula is C11H13F2NO4S. The molecule has 8 heteroatoms. The van der Waals surface area contributed by atoms with Gasteiger partial charge in [0.2, 0.25) is 0 Å². The van der Waals surface area contributed by atoms with Crippen molar-refractivity contribution in [2.75, 3.05) is 13.6 Å². The molecule has 19 heavy (non-hydrogen) atoms. The molecule has 0 aliphatic heterocycles. The summed E-state index contributed by atoms with van der Waals surface area (Å²) in [5.74, 6) is -4.62. The Morgan fingerprint density at radius 1 is 1.37 bits per heavy atom.